The van der Waals surface area contributed by atoms with Crippen molar-refractivity contribution < 1.29 is 28.5 Å². The minimum atomic E-state index is -0.778. The van der Waals surface area contributed by atoms with Gasteiger partial charge in [-0.2, -0.15) is 0 Å². The number of aromatic hydroxyl groups is 1. The van der Waals surface area contributed by atoms with Gasteiger partial charge in [-0.05, 0) is 41.3 Å². The van der Waals surface area contributed by atoms with E-state index < -0.39 is 28.6 Å². The van der Waals surface area contributed by atoms with Gasteiger partial charge in [0.1, 0.15) is 40.2 Å². The fraction of sp³-hybridized carbons (Fsp3) is 0.138. The summed E-state index contributed by atoms with van der Waals surface area (Å²) in [6, 6.07) is 15.0. The molecule has 190 valence electrons. The zero-order valence-electron chi connectivity index (χ0n) is 20.4. The quantitative estimate of drug-likeness (QED) is 0.267. The van der Waals surface area contributed by atoms with Gasteiger partial charge in [0.2, 0.25) is 5.43 Å². The Labute approximate surface area is 214 Å². The predicted molar refractivity (Wildman–Crippen MR) is 139 cm³/mol. The summed E-state index contributed by atoms with van der Waals surface area (Å²) in [7, 11) is 3.08. The van der Waals surface area contributed by atoms with Crippen molar-refractivity contribution in [2.75, 3.05) is 14.2 Å². The molecule has 0 bridgehead atoms. The number of nitrogens with one attached hydrogen (secondary N) is 1. The van der Waals surface area contributed by atoms with Gasteiger partial charge in [-0.15, -0.1) is 0 Å². The number of esters is 1. The van der Waals surface area contributed by atoms with Gasteiger partial charge in [0.25, 0.3) is 5.56 Å². The molecular formula is C29H21NO8. The first-order valence-corrected chi connectivity index (χ1v) is 11.8. The Morgan fingerprint density at radius 1 is 0.947 bits per heavy atom. The molecule has 0 saturated carbocycles. The highest BCUT2D eigenvalue weighted by molar-refractivity contribution is 5.94. The van der Waals surface area contributed by atoms with E-state index in [-0.39, 0.29) is 28.7 Å². The Kier molecular flexibility index (Phi) is 5.41. The van der Waals surface area contributed by atoms with Gasteiger partial charge >= 0.3 is 5.97 Å². The number of phenols is 1. The Balaban J connectivity index is 1.57. The smallest absolute Gasteiger partial charge is 0.312 e. The third-order valence-corrected chi connectivity index (χ3v) is 6.83. The van der Waals surface area contributed by atoms with Crippen LogP contribution in [0.2, 0.25) is 0 Å². The number of aromatic nitrogens is 1. The number of hydrogen-bond acceptors (Lipinski definition) is 8. The Morgan fingerprint density at radius 2 is 1.68 bits per heavy atom. The average molecular weight is 511 g/mol. The number of carbonyl (C=O) groups excluding carboxylic acids is 1. The number of fused-ring (bicyclic) bond motifs is 4. The largest absolute Gasteiger partial charge is 0.507 e. The minimum Gasteiger partial charge on any atom is -0.507 e. The minimum absolute atomic E-state index is 0.0332. The van der Waals surface area contributed by atoms with Crippen LogP contribution in [0.15, 0.2) is 74.9 Å². The third-order valence-electron chi connectivity index (χ3n) is 6.83. The van der Waals surface area contributed by atoms with Crippen LogP contribution in [-0.2, 0) is 4.79 Å². The summed E-state index contributed by atoms with van der Waals surface area (Å²) in [5, 5.41) is 11.5. The first-order chi connectivity index (χ1) is 18.4. The lowest BCUT2D eigenvalue weighted by Crippen LogP contribution is -2.26. The molecule has 9 heteroatoms. The number of aromatic amines is 1. The van der Waals surface area contributed by atoms with E-state index in [2.05, 4.69) is 4.98 Å². The number of carbonyl (C=O) groups is 1. The molecule has 1 atom stereocenters. The van der Waals surface area contributed by atoms with Gasteiger partial charge in [0.15, 0.2) is 0 Å². The molecule has 1 aliphatic rings. The maximum Gasteiger partial charge on any atom is 0.312 e. The average Bonchev–Trinajstić information content (AvgIpc) is 2.91. The Bertz CT molecular complexity index is 1870. The molecule has 2 N–H and O–H groups in total. The maximum absolute atomic E-state index is 13.6. The van der Waals surface area contributed by atoms with E-state index in [0.29, 0.717) is 33.7 Å². The number of methoxy groups -OCH3 is 2. The lowest BCUT2D eigenvalue weighted by molar-refractivity contribution is -0.135. The number of ether oxygens (including phenoxy) is 3. The first kappa shape index (κ1) is 23.4. The van der Waals surface area contributed by atoms with Crippen LogP contribution in [0.4, 0.5) is 0 Å². The summed E-state index contributed by atoms with van der Waals surface area (Å²) in [5.41, 5.74) is 1.20. The topological polar surface area (TPSA) is 128 Å². The van der Waals surface area contributed by atoms with E-state index in [4.69, 9.17) is 18.6 Å². The number of rotatable bonds is 4. The van der Waals surface area contributed by atoms with Crippen molar-refractivity contribution in [1.82, 2.24) is 4.98 Å². The number of pyridine rings is 1. The van der Waals surface area contributed by atoms with Crippen molar-refractivity contribution in [2.45, 2.75) is 12.3 Å². The fourth-order valence-electron chi connectivity index (χ4n) is 4.95. The van der Waals surface area contributed by atoms with E-state index in [9.17, 15) is 19.5 Å². The van der Waals surface area contributed by atoms with Crippen LogP contribution < -0.4 is 25.2 Å². The number of phenolic OH excluding ortho intramolecular Hbond substituents is 1. The summed E-state index contributed by atoms with van der Waals surface area (Å²) in [6.45, 7) is 0. The molecule has 3 heterocycles. The molecule has 0 fully saturated rings. The monoisotopic (exact) mass is 511 g/mol. The number of hydrogen-bond donors (Lipinski definition) is 2. The van der Waals surface area contributed by atoms with Gasteiger partial charge in [0.05, 0.1) is 31.7 Å². The van der Waals surface area contributed by atoms with E-state index in [1.165, 1.54) is 19.4 Å². The van der Waals surface area contributed by atoms with Crippen molar-refractivity contribution >= 4 is 27.8 Å². The Hall–Kier alpha value is -5.05. The normalized spacial score (nSPS) is 14.8. The third kappa shape index (κ3) is 3.67. The summed E-state index contributed by atoms with van der Waals surface area (Å²) in [5.74, 6) is -0.503. The van der Waals surface area contributed by atoms with Crippen LogP contribution in [-0.4, -0.2) is 30.3 Å². The molecule has 0 aliphatic carbocycles. The lowest BCUT2D eigenvalue weighted by atomic mass is 9.85. The van der Waals surface area contributed by atoms with Crippen molar-refractivity contribution in [3.8, 4) is 34.1 Å². The molecule has 0 unspecified atom stereocenters. The van der Waals surface area contributed by atoms with E-state index in [1.54, 1.807) is 55.6 Å². The van der Waals surface area contributed by atoms with Crippen molar-refractivity contribution in [2.24, 2.45) is 0 Å². The molecule has 3 aromatic carbocycles. The van der Waals surface area contributed by atoms with Crippen molar-refractivity contribution in [3.63, 3.8) is 0 Å². The summed E-state index contributed by atoms with van der Waals surface area (Å²) >= 11 is 0. The molecule has 0 radical (unpaired) electrons. The standard InChI is InChI=1S/C29H21NO8/c1-35-16-6-3-14(4-7-16)20-13-37-28-25-18(11-24(32)38-23(25)12-22(31)26(28)27(20)33)19-9-15-5-8-17(36-2)10-21(15)30-29(19)34/h3-10,12-13,18,31H,11H2,1-2H3,(H,30,34)/t18-/m1/s1. The molecule has 5 aromatic rings. The molecule has 6 rings (SSSR count). The van der Waals surface area contributed by atoms with Crippen molar-refractivity contribution in [3.05, 3.63) is 92.6 Å². The fourth-order valence-corrected chi connectivity index (χ4v) is 4.95. The van der Waals surface area contributed by atoms with Gasteiger partial charge in [-0.25, -0.2) is 0 Å². The Morgan fingerprint density at radius 3 is 2.42 bits per heavy atom. The summed E-state index contributed by atoms with van der Waals surface area (Å²) in [6.07, 6.45) is 1.15. The van der Waals surface area contributed by atoms with Gasteiger partial charge in [-0.3, -0.25) is 14.4 Å². The van der Waals surface area contributed by atoms with Crippen molar-refractivity contribution in [1.29, 1.82) is 0 Å². The van der Waals surface area contributed by atoms with Gasteiger partial charge in [-0.1, -0.05) is 12.1 Å². The summed E-state index contributed by atoms with van der Waals surface area (Å²) < 4.78 is 21.8. The highest BCUT2D eigenvalue weighted by atomic mass is 16.5. The second-order valence-corrected chi connectivity index (χ2v) is 8.96. The second kappa shape index (κ2) is 8.81. The van der Waals surface area contributed by atoms with Crippen LogP contribution in [0, 0.1) is 0 Å². The zero-order chi connectivity index (χ0) is 26.6. The number of H-pyrrole nitrogens is 1. The van der Waals surface area contributed by atoms with Crippen LogP contribution in [0.5, 0.6) is 23.0 Å². The zero-order valence-corrected chi connectivity index (χ0v) is 20.4. The molecule has 38 heavy (non-hydrogen) atoms. The van der Waals surface area contributed by atoms with Crippen LogP contribution >= 0.6 is 0 Å². The van der Waals surface area contributed by atoms with E-state index in [1.807, 2.05) is 0 Å². The highest BCUT2D eigenvalue weighted by Gasteiger charge is 2.35. The lowest BCUT2D eigenvalue weighted by Gasteiger charge is -2.25. The van der Waals surface area contributed by atoms with Crippen LogP contribution in [0.1, 0.15) is 23.5 Å². The summed E-state index contributed by atoms with van der Waals surface area (Å²) in [4.78, 5) is 42.2. The molecule has 0 spiro atoms. The van der Waals surface area contributed by atoms with E-state index in [0.717, 1.165) is 5.39 Å². The molecule has 1 aliphatic heterocycles. The second-order valence-electron chi connectivity index (χ2n) is 8.96. The molecule has 9 nitrogen and oxygen atoms in total. The predicted octanol–water partition coefficient (Wildman–Crippen LogP) is 4.47. The van der Waals surface area contributed by atoms with Gasteiger partial charge < -0.3 is 28.7 Å². The van der Waals surface area contributed by atoms with Crippen LogP contribution in [0.25, 0.3) is 33.0 Å². The SMILES string of the molecule is COc1ccc(-c2coc3c4c(cc(O)c3c2=O)OC(=O)C[C@@H]4c2cc3ccc(OC)cc3[nH]c2=O)cc1. The van der Waals surface area contributed by atoms with E-state index >= 15 is 0 Å². The highest BCUT2D eigenvalue weighted by Crippen LogP contribution is 2.45. The number of benzene rings is 3. The molecule has 0 saturated heterocycles. The molecule has 2 aromatic heterocycles. The first-order valence-electron chi connectivity index (χ1n) is 11.8. The molecular weight excluding hydrogens is 490 g/mol. The van der Waals surface area contributed by atoms with Gasteiger partial charge in [0, 0.05) is 29.2 Å². The molecule has 0 amide bonds. The maximum atomic E-state index is 13.6. The van der Waals surface area contributed by atoms with Crippen LogP contribution in [0.3, 0.4) is 0 Å².